The predicted molar refractivity (Wildman–Crippen MR) is 69.8 cm³/mol. The average molecular weight is 262 g/mol. The van der Waals surface area contributed by atoms with Crippen molar-refractivity contribution in [3.8, 4) is 5.88 Å². The fourth-order valence-corrected chi connectivity index (χ4v) is 2.62. The molecule has 0 saturated heterocycles. The van der Waals surface area contributed by atoms with E-state index in [0.717, 1.165) is 36.7 Å². The summed E-state index contributed by atoms with van der Waals surface area (Å²) >= 11 is 0. The molecule has 0 unspecified atom stereocenters. The van der Waals surface area contributed by atoms with Gasteiger partial charge in [-0.25, -0.2) is 9.97 Å². The SMILES string of the molecule is Cn1ncc2c(OC3CCC(CO)CC3)ncnc21. The van der Waals surface area contributed by atoms with Crippen LogP contribution in [-0.2, 0) is 7.05 Å². The van der Waals surface area contributed by atoms with Crippen LogP contribution in [0.3, 0.4) is 0 Å². The molecule has 1 fully saturated rings. The molecule has 3 rings (SSSR count). The van der Waals surface area contributed by atoms with E-state index in [1.807, 2.05) is 7.05 Å². The van der Waals surface area contributed by atoms with Gasteiger partial charge in [0.15, 0.2) is 5.65 Å². The number of hydrogen-bond donors (Lipinski definition) is 1. The molecule has 6 heteroatoms. The molecule has 2 aromatic rings. The number of aliphatic hydroxyl groups excluding tert-OH is 1. The fourth-order valence-electron chi connectivity index (χ4n) is 2.62. The van der Waals surface area contributed by atoms with E-state index in [1.165, 1.54) is 6.33 Å². The van der Waals surface area contributed by atoms with E-state index in [9.17, 15) is 0 Å². The molecule has 19 heavy (non-hydrogen) atoms. The maximum absolute atomic E-state index is 9.14. The first-order valence-electron chi connectivity index (χ1n) is 6.68. The third-order valence-corrected chi connectivity index (χ3v) is 3.82. The summed E-state index contributed by atoms with van der Waals surface area (Å²) in [7, 11) is 1.85. The Morgan fingerprint density at radius 3 is 2.84 bits per heavy atom. The Hall–Kier alpha value is -1.69. The minimum absolute atomic E-state index is 0.182. The first-order chi connectivity index (χ1) is 9.28. The molecule has 0 atom stereocenters. The molecule has 0 spiro atoms. The van der Waals surface area contributed by atoms with Crippen LogP contribution in [0.25, 0.3) is 11.0 Å². The molecule has 2 aromatic heterocycles. The Labute approximate surface area is 111 Å². The van der Waals surface area contributed by atoms with Crippen molar-refractivity contribution in [1.29, 1.82) is 0 Å². The Balaban J connectivity index is 1.75. The monoisotopic (exact) mass is 262 g/mol. The summed E-state index contributed by atoms with van der Waals surface area (Å²) in [6, 6.07) is 0. The highest BCUT2D eigenvalue weighted by Gasteiger charge is 2.23. The zero-order chi connectivity index (χ0) is 13.2. The molecule has 6 nitrogen and oxygen atoms in total. The zero-order valence-corrected chi connectivity index (χ0v) is 11.0. The Kier molecular flexibility index (Phi) is 3.33. The highest BCUT2D eigenvalue weighted by Crippen LogP contribution is 2.29. The van der Waals surface area contributed by atoms with Crippen molar-refractivity contribution in [3.63, 3.8) is 0 Å². The van der Waals surface area contributed by atoms with Gasteiger partial charge in [0.1, 0.15) is 17.8 Å². The molecule has 1 aliphatic rings. The Bertz CT molecular complexity index is 561. The van der Waals surface area contributed by atoms with Gasteiger partial charge >= 0.3 is 0 Å². The third-order valence-electron chi connectivity index (χ3n) is 3.82. The minimum Gasteiger partial charge on any atom is -0.474 e. The molecule has 1 N–H and O–H groups in total. The van der Waals surface area contributed by atoms with Crippen LogP contribution in [0.1, 0.15) is 25.7 Å². The minimum atomic E-state index is 0.182. The lowest BCUT2D eigenvalue weighted by atomic mass is 9.88. The van der Waals surface area contributed by atoms with E-state index in [1.54, 1.807) is 10.9 Å². The number of aliphatic hydroxyl groups is 1. The highest BCUT2D eigenvalue weighted by molar-refractivity contribution is 5.79. The Morgan fingerprint density at radius 1 is 1.32 bits per heavy atom. The van der Waals surface area contributed by atoms with Crippen molar-refractivity contribution in [2.45, 2.75) is 31.8 Å². The molecular formula is C13H18N4O2. The topological polar surface area (TPSA) is 73.1 Å². The second kappa shape index (κ2) is 5.13. The summed E-state index contributed by atoms with van der Waals surface area (Å²) in [6.45, 7) is 0.285. The van der Waals surface area contributed by atoms with Crippen LogP contribution in [0.5, 0.6) is 5.88 Å². The van der Waals surface area contributed by atoms with Gasteiger partial charge in [-0.3, -0.25) is 4.68 Å². The number of rotatable bonds is 3. The molecule has 1 saturated carbocycles. The molecular weight excluding hydrogens is 244 g/mol. The van der Waals surface area contributed by atoms with E-state index in [2.05, 4.69) is 15.1 Å². The van der Waals surface area contributed by atoms with E-state index in [0.29, 0.717) is 11.8 Å². The smallest absolute Gasteiger partial charge is 0.228 e. The van der Waals surface area contributed by atoms with E-state index >= 15 is 0 Å². The largest absolute Gasteiger partial charge is 0.474 e. The van der Waals surface area contributed by atoms with Crippen LogP contribution >= 0.6 is 0 Å². The van der Waals surface area contributed by atoms with E-state index in [-0.39, 0.29) is 12.7 Å². The van der Waals surface area contributed by atoms with Crippen molar-refractivity contribution in [3.05, 3.63) is 12.5 Å². The van der Waals surface area contributed by atoms with E-state index in [4.69, 9.17) is 9.84 Å². The molecule has 102 valence electrons. The average Bonchev–Trinajstić information content (AvgIpc) is 2.83. The molecule has 0 aromatic carbocycles. The van der Waals surface area contributed by atoms with Gasteiger partial charge in [0.2, 0.25) is 5.88 Å². The Morgan fingerprint density at radius 2 is 2.11 bits per heavy atom. The van der Waals surface area contributed by atoms with Crippen LogP contribution in [0.4, 0.5) is 0 Å². The van der Waals surface area contributed by atoms with Gasteiger partial charge in [-0.05, 0) is 31.6 Å². The van der Waals surface area contributed by atoms with Crippen molar-refractivity contribution in [2.75, 3.05) is 6.61 Å². The van der Waals surface area contributed by atoms with Crippen LogP contribution < -0.4 is 4.74 Å². The first-order valence-corrected chi connectivity index (χ1v) is 6.68. The standard InChI is InChI=1S/C13H18N4O2/c1-17-12-11(6-16-17)13(15-8-14-12)19-10-4-2-9(7-18)3-5-10/h6,8-10,18H,2-5,7H2,1H3. The second-order valence-corrected chi connectivity index (χ2v) is 5.13. The van der Waals surface area contributed by atoms with Crippen molar-refractivity contribution in [2.24, 2.45) is 13.0 Å². The van der Waals surface area contributed by atoms with Gasteiger partial charge in [-0.1, -0.05) is 0 Å². The number of hydrogen-bond acceptors (Lipinski definition) is 5. The predicted octanol–water partition coefficient (Wildman–Crippen LogP) is 1.29. The lowest BCUT2D eigenvalue weighted by Gasteiger charge is -2.27. The first kappa shape index (κ1) is 12.3. The lowest BCUT2D eigenvalue weighted by molar-refractivity contribution is 0.102. The zero-order valence-electron chi connectivity index (χ0n) is 11.0. The summed E-state index contributed by atoms with van der Waals surface area (Å²) in [5.74, 6) is 1.05. The van der Waals surface area contributed by atoms with Crippen LogP contribution in [0, 0.1) is 5.92 Å². The normalized spacial score (nSPS) is 23.7. The molecule has 0 aliphatic heterocycles. The summed E-state index contributed by atoms with van der Waals surface area (Å²) < 4.78 is 7.70. The number of fused-ring (bicyclic) bond motifs is 1. The summed E-state index contributed by atoms with van der Waals surface area (Å²) in [5.41, 5.74) is 0.786. The summed E-state index contributed by atoms with van der Waals surface area (Å²) in [4.78, 5) is 8.41. The van der Waals surface area contributed by atoms with Crippen molar-refractivity contribution >= 4 is 11.0 Å². The lowest BCUT2D eigenvalue weighted by Crippen LogP contribution is -2.25. The van der Waals surface area contributed by atoms with Gasteiger partial charge in [-0.15, -0.1) is 0 Å². The number of nitrogens with zero attached hydrogens (tertiary/aromatic N) is 4. The molecule has 0 radical (unpaired) electrons. The van der Waals surface area contributed by atoms with Crippen LogP contribution in [0.2, 0.25) is 0 Å². The molecule has 1 aliphatic carbocycles. The second-order valence-electron chi connectivity index (χ2n) is 5.13. The maximum atomic E-state index is 9.14. The molecule has 0 bridgehead atoms. The van der Waals surface area contributed by atoms with Crippen molar-refractivity contribution in [1.82, 2.24) is 19.7 Å². The van der Waals surface area contributed by atoms with Gasteiger partial charge in [0.05, 0.1) is 6.20 Å². The fraction of sp³-hybridized carbons (Fsp3) is 0.615. The van der Waals surface area contributed by atoms with Crippen LogP contribution in [0.15, 0.2) is 12.5 Å². The number of aromatic nitrogens is 4. The van der Waals surface area contributed by atoms with Crippen LogP contribution in [-0.4, -0.2) is 37.6 Å². The third kappa shape index (κ3) is 2.40. The van der Waals surface area contributed by atoms with Crippen molar-refractivity contribution < 1.29 is 9.84 Å². The summed E-state index contributed by atoms with van der Waals surface area (Å²) in [6.07, 6.45) is 7.41. The quantitative estimate of drug-likeness (QED) is 0.902. The highest BCUT2D eigenvalue weighted by atomic mass is 16.5. The summed E-state index contributed by atoms with van der Waals surface area (Å²) in [5, 5.41) is 14.2. The molecule has 0 amide bonds. The maximum Gasteiger partial charge on any atom is 0.228 e. The van der Waals surface area contributed by atoms with Gasteiger partial charge in [0, 0.05) is 13.7 Å². The van der Waals surface area contributed by atoms with Gasteiger partial charge in [0.25, 0.3) is 0 Å². The number of ether oxygens (including phenoxy) is 1. The van der Waals surface area contributed by atoms with Gasteiger partial charge in [-0.2, -0.15) is 5.10 Å². The van der Waals surface area contributed by atoms with Gasteiger partial charge < -0.3 is 9.84 Å². The van der Waals surface area contributed by atoms with E-state index < -0.39 is 0 Å². The number of aryl methyl sites for hydroxylation is 1. The molecule has 2 heterocycles.